The van der Waals surface area contributed by atoms with Crippen LogP contribution in [-0.2, 0) is 16.1 Å². The number of nitrogens with one attached hydrogen (secondary N) is 1. The fourth-order valence-corrected chi connectivity index (χ4v) is 3.64. The first kappa shape index (κ1) is 21.7. The summed E-state index contributed by atoms with van der Waals surface area (Å²) in [6.07, 6.45) is 3.27. The first-order valence-corrected chi connectivity index (χ1v) is 10.3. The molecule has 1 N–H and O–H groups in total. The Hall–Kier alpha value is -3.04. The highest BCUT2D eigenvalue weighted by Crippen LogP contribution is 2.24. The number of carbonyl (C=O) groups is 2. The maximum absolute atomic E-state index is 12.5. The number of nitrogens with zero attached hydrogens (tertiary/aromatic N) is 4. The van der Waals surface area contributed by atoms with Gasteiger partial charge in [-0.15, -0.1) is 16.8 Å². The zero-order valence-electron chi connectivity index (χ0n) is 16.2. The summed E-state index contributed by atoms with van der Waals surface area (Å²) < 4.78 is 7.20. The second-order valence-electron chi connectivity index (χ2n) is 6.25. The number of halogens is 1. The summed E-state index contributed by atoms with van der Waals surface area (Å²) >= 11 is 7.27. The lowest BCUT2D eigenvalue weighted by Gasteiger charge is -2.17. The van der Waals surface area contributed by atoms with Crippen LogP contribution in [0.25, 0.3) is 11.6 Å². The molecule has 1 aromatic carbocycles. The molecule has 3 rings (SSSR count). The van der Waals surface area contributed by atoms with E-state index in [0.717, 1.165) is 0 Å². The van der Waals surface area contributed by atoms with Crippen molar-refractivity contribution in [1.29, 1.82) is 0 Å². The van der Waals surface area contributed by atoms with Crippen molar-refractivity contribution in [2.45, 2.75) is 11.7 Å². The zero-order valence-corrected chi connectivity index (χ0v) is 17.8. The highest BCUT2D eigenvalue weighted by atomic mass is 35.5. The van der Waals surface area contributed by atoms with Crippen LogP contribution in [-0.4, -0.2) is 50.8 Å². The van der Waals surface area contributed by atoms with E-state index in [1.165, 1.54) is 16.7 Å². The van der Waals surface area contributed by atoms with Crippen LogP contribution in [0.5, 0.6) is 0 Å². The van der Waals surface area contributed by atoms with E-state index < -0.39 is 0 Å². The van der Waals surface area contributed by atoms with Gasteiger partial charge in [-0.1, -0.05) is 41.6 Å². The van der Waals surface area contributed by atoms with Crippen molar-refractivity contribution in [3.63, 3.8) is 0 Å². The number of allylic oxidation sites excluding steroid dienone is 1. The number of thioether (sulfide) groups is 1. The number of carbonyl (C=O) groups excluding carboxylic acids is 2. The van der Waals surface area contributed by atoms with Crippen molar-refractivity contribution in [3.05, 3.63) is 60.3 Å². The molecule has 2 aromatic heterocycles. The molecule has 0 saturated heterocycles. The van der Waals surface area contributed by atoms with Gasteiger partial charge < -0.3 is 14.6 Å². The van der Waals surface area contributed by atoms with Crippen molar-refractivity contribution in [2.24, 2.45) is 0 Å². The minimum Gasteiger partial charge on any atom is -0.461 e. The molecule has 156 valence electrons. The molecular formula is C20H20ClN5O3S. The molecule has 0 fully saturated rings. The van der Waals surface area contributed by atoms with Crippen molar-refractivity contribution < 1.29 is 14.0 Å². The molecule has 0 spiro atoms. The molecule has 0 aliphatic rings. The van der Waals surface area contributed by atoms with E-state index >= 15 is 0 Å². The summed E-state index contributed by atoms with van der Waals surface area (Å²) in [6, 6.07) is 10.5. The minimum atomic E-state index is -0.334. The summed E-state index contributed by atoms with van der Waals surface area (Å²) in [4.78, 5) is 26.0. The molecule has 2 heterocycles. The van der Waals surface area contributed by atoms with Crippen molar-refractivity contribution in [1.82, 2.24) is 19.7 Å². The first-order chi connectivity index (χ1) is 14.5. The highest BCUT2D eigenvalue weighted by Gasteiger charge is 2.19. The normalized spacial score (nSPS) is 10.6. The van der Waals surface area contributed by atoms with Crippen LogP contribution in [0, 0.1) is 0 Å². The van der Waals surface area contributed by atoms with E-state index in [0.29, 0.717) is 34.0 Å². The number of hydrogen-bond acceptors (Lipinski definition) is 6. The SMILES string of the molecule is C=CCn1c(SCC(=O)N(C)CC(=O)Nc2ccccc2Cl)nnc1-c1ccco1. The molecule has 3 aromatic rings. The lowest BCUT2D eigenvalue weighted by Crippen LogP contribution is -2.36. The smallest absolute Gasteiger partial charge is 0.244 e. The standard InChI is InChI=1S/C20H20ClN5O3S/c1-3-10-26-19(16-9-6-11-29-16)23-24-20(26)30-13-18(28)25(2)12-17(27)22-15-8-5-4-7-14(15)21/h3-9,11H,1,10,12-13H2,2H3,(H,22,27). The van der Waals surface area contributed by atoms with Crippen LogP contribution in [0.2, 0.25) is 5.02 Å². The van der Waals surface area contributed by atoms with E-state index in [-0.39, 0.29) is 24.1 Å². The third kappa shape index (κ3) is 5.31. The van der Waals surface area contributed by atoms with Crippen LogP contribution >= 0.6 is 23.4 Å². The Morgan fingerprint density at radius 3 is 2.80 bits per heavy atom. The monoisotopic (exact) mass is 445 g/mol. The summed E-state index contributed by atoms with van der Waals surface area (Å²) in [6.45, 7) is 4.12. The summed E-state index contributed by atoms with van der Waals surface area (Å²) in [7, 11) is 1.57. The Morgan fingerprint density at radius 2 is 2.10 bits per heavy atom. The summed E-state index contributed by atoms with van der Waals surface area (Å²) in [5.74, 6) is 0.683. The maximum Gasteiger partial charge on any atom is 0.244 e. The maximum atomic E-state index is 12.5. The van der Waals surface area contributed by atoms with Gasteiger partial charge in [0.15, 0.2) is 10.9 Å². The van der Waals surface area contributed by atoms with Crippen LogP contribution in [0.1, 0.15) is 0 Å². The molecule has 30 heavy (non-hydrogen) atoms. The number of furan rings is 1. The number of benzene rings is 1. The van der Waals surface area contributed by atoms with E-state index in [9.17, 15) is 9.59 Å². The molecular weight excluding hydrogens is 426 g/mol. The van der Waals surface area contributed by atoms with Gasteiger partial charge in [0.2, 0.25) is 17.6 Å². The Kier molecular flexibility index (Phi) is 7.31. The molecule has 0 saturated carbocycles. The summed E-state index contributed by atoms with van der Waals surface area (Å²) in [5, 5.41) is 12.0. The number of aromatic nitrogens is 3. The zero-order chi connectivity index (χ0) is 21.5. The van der Waals surface area contributed by atoms with Gasteiger partial charge in [-0.3, -0.25) is 14.2 Å². The average Bonchev–Trinajstić information content (AvgIpc) is 3.38. The lowest BCUT2D eigenvalue weighted by molar-refractivity contribution is -0.131. The van der Waals surface area contributed by atoms with E-state index in [4.69, 9.17) is 16.0 Å². The number of rotatable bonds is 9. The number of para-hydroxylation sites is 1. The second-order valence-corrected chi connectivity index (χ2v) is 7.60. The van der Waals surface area contributed by atoms with E-state index in [1.54, 1.807) is 55.8 Å². The fraction of sp³-hybridized carbons (Fsp3) is 0.200. The van der Waals surface area contributed by atoms with E-state index in [2.05, 4.69) is 22.1 Å². The molecule has 8 nitrogen and oxygen atoms in total. The third-order valence-corrected chi connectivity index (χ3v) is 5.33. The molecule has 0 bridgehead atoms. The predicted octanol–water partition coefficient (Wildman–Crippen LogP) is 3.57. The molecule has 0 unspecified atom stereocenters. The number of likely N-dealkylation sites (N-methyl/N-ethyl adjacent to an activating group) is 1. The number of hydrogen-bond donors (Lipinski definition) is 1. The third-order valence-electron chi connectivity index (χ3n) is 4.05. The lowest BCUT2D eigenvalue weighted by atomic mass is 10.3. The quantitative estimate of drug-likeness (QED) is 0.400. The van der Waals surface area contributed by atoms with Crippen LogP contribution < -0.4 is 5.32 Å². The Labute approximate surface area is 182 Å². The van der Waals surface area contributed by atoms with Gasteiger partial charge in [0, 0.05) is 13.6 Å². The van der Waals surface area contributed by atoms with Crippen LogP contribution in [0.3, 0.4) is 0 Å². The molecule has 2 amide bonds. The minimum absolute atomic E-state index is 0.0956. The van der Waals surface area contributed by atoms with Gasteiger partial charge in [0.05, 0.1) is 29.3 Å². The molecule has 0 atom stereocenters. The van der Waals surface area contributed by atoms with Gasteiger partial charge in [0.1, 0.15) is 0 Å². The Morgan fingerprint density at radius 1 is 1.30 bits per heavy atom. The van der Waals surface area contributed by atoms with Gasteiger partial charge in [0.25, 0.3) is 0 Å². The van der Waals surface area contributed by atoms with Crippen LogP contribution in [0.4, 0.5) is 5.69 Å². The summed E-state index contributed by atoms with van der Waals surface area (Å²) in [5.41, 5.74) is 0.502. The molecule has 0 aliphatic heterocycles. The van der Waals surface area contributed by atoms with Gasteiger partial charge in [-0.25, -0.2) is 0 Å². The number of anilines is 1. The van der Waals surface area contributed by atoms with Crippen molar-refractivity contribution in [2.75, 3.05) is 24.7 Å². The molecule has 0 radical (unpaired) electrons. The highest BCUT2D eigenvalue weighted by molar-refractivity contribution is 7.99. The Balaban J connectivity index is 1.58. The number of amides is 2. The largest absolute Gasteiger partial charge is 0.461 e. The first-order valence-electron chi connectivity index (χ1n) is 8.98. The topological polar surface area (TPSA) is 93.3 Å². The Bertz CT molecular complexity index is 1040. The van der Waals surface area contributed by atoms with E-state index in [1.807, 2.05) is 4.57 Å². The average molecular weight is 446 g/mol. The fourth-order valence-electron chi connectivity index (χ4n) is 2.57. The predicted molar refractivity (Wildman–Crippen MR) is 116 cm³/mol. The second kappa shape index (κ2) is 10.1. The van der Waals surface area contributed by atoms with Crippen molar-refractivity contribution >= 4 is 40.9 Å². The molecule has 0 aliphatic carbocycles. The van der Waals surface area contributed by atoms with Crippen molar-refractivity contribution in [3.8, 4) is 11.6 Å². The van der Waals surface area contributed by atoms with Gasteiger partial charge >= 0.3 is 0 Å². The van der Waals surface area contributed by atoms with Gasteiger partial charge in [-0.2, -0.15) is 0 Å². The van der Waals surface area contributed by atoms with Gasteiger partial charge in [-0.05, 0) is 24.3 Å². The van der Waals surface area contributed by atoms with Crippen LogP contribution in [0.15, 0.2) is 64.9 Å². The molecule has 10 heteroatoms.